The predicted molar refractivity (Wildman–Crippen MR) is 58.2 cm³/mol. The fourth-order valence-electron chi connectivity index (χ4n) is 1.31. The van der Waals surface area contributed by atoms with Gasteiger partial charge in [-0.1, -0.05) is 23.7 Å². The van der Waals surface area contributed by atoms with Crippen LogP contribution < -0.4 is 5.73 Å². The van der Waals surface area contributed by atoms with Gasteiger partial charge in [0.2, 0.25) is 0 Å². The molecule has 0 spiro atoms. The first-order valence-electron chi connectivity index (χ1n) is 4.59. The fraction of sp³-hybridized carbons (Fsp3) is 0.273. The predicted octanol–water partition coefficient (Wildman–Crippen LogP) is 3.93. The van der Waals surface area contributed by atoms with Gasteiger partial charge in [-0.15, -0.1) is 6.58 Å². The minimum Gasteiger partial charge on any atom is -0.324 e. The van der Waals surface area contributed by atoms with E-state index < -0.39 is 17.8 Å². The molecule has 0 amide bonds. The molecule has 16 heavy (non-hydrogen) atoms. The Bertz CT molecular complexity index is 387. The van der Waals surface area contributed by atoms with Crippen LogP contribution in [0.25, 0.3) is 0 Å². The molecule has 88 valence electrons. The van der Waals surface area contributed by atoms with E-state index in [1.165, 1.54) is 12.1 Å². The van der Waals surface area contributed by atoms with Gasteiger partial charge < -0.3 is 5.73 Å². The molecule has 0 aromatic heterocycles. The second kappa shape index (κ2) is 4.89. The average molecular weight is 250 g/mol. The summed E-state index contributed by atoms with van der Waals surface area (Å²) in [6.45, 7) is 3.49. The van der Waals surface area contributed by atoms with Crippen LogP contribution in [0.15, 0.2) is 30.9 Å². The second-order valence-corrected chi connectivity index (χ2v) is 3.78. The Morgan fingerprint density at radius 2 is 2.06 bits per heavy atom. The average Bonchev–Trinajstić information content (AvgIpc) is 2.16. The summed E-state index contributed by atoms with van der Waals surface area (Å²) in [6, 6.07) is 3.20. The van der Waals surface area contributed by atoms with Crippen molar-refractivity contribution >= 4 is 11.6 Å². The lowest BCUT2D eigenvalue weighted by molar-refractivity contribution is -0.137. The molecule has 0 saturated heterocycles. The molecule has 1 aromatic rings. The van der Waals surface area contributed by atoms with Crippen LogP contribution in [0.3, 0.4) is 0 Å². The van der Waals surface area contributed by atoms with E-state index in [0.29, 0.717) is 12.0 Å². The molecule has 0 fully saturated rings. The Morgan fingerprint density at radius 3 is 2.56 bits per heavy atom. The van der Waals surface area contributed by atoms with Crippen LogP contribution in [0.1, 0.15) is 23.6 Å². The third-order valence-corrected chi connectivity index (χ3v) is 2.47. The summed E-state index contributed by atoms with van der Waals surface area (Å²) in [5.74, 6) is 0. The minimum absolute atomic E-state index is 0.318. The molecule has 0 radical (unpaired) electrons. The lowest BCUT2D eigenvalue weighted by Crippen LogP contribution is -2.12. The molecule has 1 nitrogen and oxygen atoms in total. The molecule has 1 rings (SSSR count). The Labute approximate surface area is 96.7 Å². The molecule has 1 aromatic carbocycles. The summed E-state index contributed by atoms with van der Waals surface area (Å²) >= 11 is 5.48. The first kappa shape index (κ1) is 13.1. The Balaban J connectivity index is 3.12. The highest BCUT2D eigenvalue weighted by atomic mass is 35.5. The molecule has 5 heteroatoms. The van der Waals surface area contributed by atoms with Gasteiger partial charge in [0.15, 0.2) is 0 Å². The third-order valence-electron chi connectivity index (χ3n) is 2.14. The van der Waals surface area contributed by atoms with E-state index >= 15 is 0 Å². The standard InChI is InChI=1S/C11H11ClF3N/c1-2-3-10(16)7-4-5-9(12)8(6-7)11(13,14)15/h2,4-6,10H,1,3,16H2/t10-/m1/s1. The van der Waals surface area contributed by atoms with E-state index in [-0.39, 0.29) is 5.02 Å². The number of halogens is 4. The lowest BCUT2D eigenvalue weighted by Gasteiger charge is -2.14. The normalized spacial score (nSPS) is 13.6. The summed E-state index contributed by atoms with van der Waals surface area (Å²) in [6.07, 6.45) is -2.48. The van der Waals surface area contributed by atoms with Crippen molar-refractivity contribution in [3.63, 3.8) is 0 Å². The maximum absolute atomic E-state index is 12.5. The molecule has 0 aliphatic rings. The Kier molecular flexibility index (Phi) is 3.99. The summed E-state index contributed by atoms with van der Waals surface area (Å²) in [7, 11) is 0. The van der Waals surface area contributed by atoms with Crippen LogP contribution in [0, 0.1) is 0 Å². The molecule has 1 atom stereocenters. The quantitative estimate of drug-likeness (QED) is 0.807. The van der Waals surface area contributed by atoms with E-state index in [9.17, 15) is 13.2 Å². The minimum atomic E-state index is -4.46. The van der Waals surface area contributed by atoms with Gasteiger partial charge in [-0.25, -0.2) is 0 Å². The van der Waals surface area contributed by atoms with Gasteiger partial charge in [-0.3, -0.25) is 0 Å². The van der Waals surface area contributed by atoms with Gasteiger partial charge >= 0.3 is 6.18 Å². The van der Waals surface area contributed by atoms with Gasteiger partial charge in [0.1, 0.15) is 0 Å². The smallest absolute Gasteiger partial charge is 0.324 e. The largest absolute Gasteiger partial charge is 0.417 e. The van der Waals surface area contributed by atoms with Gasteiger partial charge in [-0.2, -0.15) is 13.2 Å². The Hall–Kier alpha value is -1.00. The van der Waals surface area contributed by atoms with Gasteiger partial charge in [-0.05, 0) is 24.1 Å². The molecule has 0 bridgehead atoms. The topological polar surface area (TPSA) is 26.0 Å². The molecular formula is C11H11ClF3N. The van der Waals surface area contributed by atoms with Crippen LogP contribution >= 0.6 is 11.6 Å². The lowest BCUT2D eigenvalue weighted by atomic mass is 10.0. The van der Waals surface area contributed by atoms with E-state index in [1.54, 1.807) is 6.08 Å². The first-order chi connectivity index (χ1) is 7.36. The van der Waals surface area contributed by atoms with E-state index in [0.717, 1.165) is 6.07 Å². The van der Waals surface area contributed by atoms with Crippen molar-refractivity contribution in [1.29, 1.82) is 0 Å². The first-order valence-corrected chi connectivity index (χ1v) is 4.97. The highest BCUT2D eigenvalue weighted by Crippen LogP contribution is 2.36. The molecule has 0 unspecified atom stereocenters. The Morgan fingerprint density at radius 1 is 1.44 bits per heavy atom. The van der Waals surface area contributed by atoms with Crippen molar-refractivity contribution in [3.8, 4) is 0 Å². The van der Waals surface area contributed by atoms with Crippen LogP contribution in [0.4, 0.5) is 13.2 Å². The van der Waals surface area contributed by atoms with Crippen molar-refractivity contribution < 1.29 is 13.2 Å². The summed E-state index contributed by atoms with van der Waals surface area (Å²) in [4.78, 5) is 0. The maximum Gasteiger partial charge on any atom is 0.417 e. The van der Waals surface area contributed by atoms with Crippen molar-refractivity contribution in [2.75, 3.05) is 0 Å². The second-order valence-electron chi connectivity index (χ2n) is 3.37. The number of benzene rings is 1. The summed E-state index contributed by atoms with van der Waals surface area (Å²) in [5, 5.41) is -0.318. The molecule has 0 heterocycles. The van der Waals surface area contributed by atoms with Gasteiger partial charge in [0.05, 0.1) is 10.6 Å². The zero-order valence-electron chi connectivity index (χ0n) is 8.39. The zero-order chi connectivity index (χ0) is 12.3. The SMILES string of the molecule is C=CC[C@@H](N)c1ccc(Cl)c(C(F)(F)F)c1. The van der Waals surface area contributed by atoms with Crippen molar-refractivity contribution in [3.05, 3.63) is 47.0 Å². The van der Waals surface area contributed by atoms with Crippen molar-refractivity contribution in [1.82, 2.24) is 0 Å². The van der Waals surface area contributed by atoms with Gasteiger partial charge in [0, 0.05) is 6.04 Å². The van der Waals surface area contributed by atoms with Crippen LogP contribution in [0.2, 0.25) is 5.02 Å². The fourth-order valence-corrected chi connectivity index (χ4v) is 1.53. The number of rotatable bonds is 3. The highest BCUT2D eigenvalue weighted by Gasteiger charge is 2.33. The number of hydrogen-bond acceptors (Lipinski definition) is 1. The van der Waals surface area contributed by atoms with Crippen molar-refractivity contribution in [2.45, 2.75) is 18.6 Å². The zero-order valence-corrected chi connectivity index (χ0v) is 9.15. The molecule has 0 aliphatic heterocycles. The summed E-state index contributed by atoms with van der Waals surface area (Å²) in [5.41, 5.74) is 5.23. The van der Waals surface area contributed by atoms with E-state index in [1.807, 2.05) is 0 Å². The number of alkyl halides is 3. The molecule has 2 N–H and O–H groups in total. The van der Waals surface area contributed by atoms with E-state index in [4.69, 9.17) is 17.3 Å². The third kappa shape index (κ3) is 3.00. The molecular weight excluding hydrogens is 239 g/mol. The van der Waals surface area contributed by atoms with Crippen molar-refractivity contribution in [2.24, 2.45) is 5.73 Å². The molecule has 0 saturated carbocycles. The van der Waals surface area contributed by atoms with Crippen LogP contribution in [-0.2, 0) is 6.18 Å². The molecule has 0 aliphatic carbocycles. The van der Waals surface area contributed by atoms with Crippen LogP contribution in [0.5, 0.6) is 0 Å². The number of hydrogen-bond donors (Lipinski definition) is 1. The van der Waals surface area contributed by atoms with E-state index in [2.05, 4.69) is 6.58 Å². The maximum atomic E-state index is 12.5. The van der Waals surface area contributed by atoms with Gasteiger partial charge in [0.25, 0.3) is 0 Å². The number of nitrogens with two attached hydrogens (primary N) is 1. The van der Waals surface area contributed by atoms with Crippen LogP contribution in [-0.4, -0.2) is 0 Å². The summed E-state index contributed by atoms with van der Waals surface area (Å²) < 4.78 is 37.6. The highest BCUT2D eigenvalue weighted by molar-refractivity contribution is 6.31. The monoisotopic (exact) mass is 249 g/mol.